The molecule has 0 N–H and O–H groups in total. The van der Waals surface area contributed by atoms with Crippen LogP contribution in [-0.2, 0) is 0 Å². The summed E-state index contributed by atoms with van der Waals surface area (Å²) in [6.07, 6.45) is 4.82. The molecular weight excluding hydrogens is 291 g/mol. The Morgan fingerprint density at radius 3 is 2.76 bits per heavy atom. The summed E-state index contributed by atoms with van der Waals surface area (Å²) in [6, 6.07) is 6.62. The lowest BCUT2D eigenvalue weighted by Gasteiger charge is -2.25. The van der Waals surface area contributed by atoms with E-state index in [0.717, 1.165) is 24.6 Å². The number of amides is 1. The van der Waals surface area contributed by atoms with Crippen molar-refractivity contribution in [3.05, 3.63) is 58.6 Å². The van der Waals surface area contributed by atoms with Crippen LogP contribution in [0.15, 0.2) is 36.7 Å². The second-order valence-electron chi connectivity index (χ2n) is 5.55. The Kier molecular flexibility index (Phi) is 2.76. The first-order valence-corrected chi connectivity index (χ1v) is 7.26. The first-order valence-electron chi connectivity index (χ1n) is 6.89. The Hall–Kier alpha value is -1.94. The van der Waals surface area contributed by atoms with Gasteiger partial charge in [-0.1, -0.05) is 11.6 Å². The van der Waals surface area contributed by atoms with Crippen molar-refractivity contribution in [1.82, 2.24) is 4.98 Å². The molecule has 106 valence electrons. The molecule has 0 spiro atoms. The summed E-state index contributed by atoms with van der Waals surface area (Å²) in [7, 11) is 0. The van der Waals surface area contributed by atoms with Crippen molar-refractivity contribution in [2.75, 3.05) is 4.90 Å². The Morgan fingerprint density at radius 1 is 1.24 bits per heavy atom. The number of halogens is 2. The van der Waals surface area contributed by atoms with Gasteiger partial charge in [0.15, 0.2) is 0 Å². The Balaban J connectivity index is 1.86. The summed E-state index contributed by atoms with van der Waals surface area (Å²) in [5.41, 5.74) is 2.10. The summed E-state index contributed by atoms with van der Waals surface area (Å²) in [5.74, 6) is -0.133. The number of fused-ring (bicyclic) bond motifs is 1. The Bertz CT molecular complexity index is 745. The fraction of sp³-hybridized carbons (Fsp3) is 0.250. The molecule has 2 aliphatic rings. The topological polar surface area (TPSA) is 33.2 Å². The number of hydrogen-bond acceptors (Lipinski definition) is 2. The summed E-state index contributed by atoms with van der Waals surface area (Å²) in [6.45, 7) is 0. The third-order valence-electron chi connectivity index (χ3n) is 4.10. The molecule has 1 amide bonds. The zero-order chi connectivity index (χ0) is 14.6. The van der Waals surface area contributed by atoms with Crippen LogP contribution in [0.5, 0.6) is 0 Å². The second kappa shape index (κ2) is 4.53. The highest BCUT2D eigenvalue weighted by Gasteiger charge is 2.46. The van der Waals surface area contributed by atoms with Crippen LogP contribution in [0.2, 0.25) is 5.02 Å². The van der Waals surface area contributed by atoms with Crippen LogP contribution in [0.1, 0.15) is 34.8 Å². The van der Waals surface area contributed by atoms with E-state index in [-0.39, 0.29) is 11.9 Å². The van der Waals surface area contributed by atoms with Crippen LogP contribution in [0.4, 0.5) is 10.1 Å². The van der Waals surface area contributed by atoms with E-state index in [1.54, 1.807) is 17.0 Å². The van der Waals surface area contributed by atoms with Crippen molar-refractivity contribution in [2.45, 2.75) is 18.9 Å². The van der Waals surface area contributed by atoms with Gasteiger partial charge in [-0.2, -0.15) is 0 Å². The molecule has 1 atom stereocenters. The van der Waals surface area contributed by atoms with E-state index in [0.29, 0.717) is 22.2 Å². The maximum Gasteiger partial charge on any atom is 0.259 e. The van der Waals surface area contributed by atoms with Gasteiger partial charge in [-0.3, -0.25) is 14.7 Å². The lowest BCUT2D eigenvalue weighted by molar-refractivity contribution is 0.0989. The van der Waals surface area contributed by atoms with Gasteiger partial charge in [0.05, 0.1) is 24.1 Å². The van der Waals surface area contributed by atoms with Gasteiger partial charge >= 0.3 is 0 Å². The molecule has 1 aromatic heterocycles. The number of carbonyl (C=O) groups excluding carboxylic acids is 1. The van der Waals surface area contributed by atoms with Crippen molar-refractivity contribution in [2.24, 2.45) is 5.92 Å². The molecule has 2 aromatic rings. The fourth-order valence-corrected chi connectivity index (χ4v) is 3.24. The monoisotopic (exact) mass is 302 g/mol. The van der Waals surface area contributed by atoms with Gasteiger partial charge in [-0.25, -0.2) is 4.39 Å². The van der Waals surface area contributed by atoms with Gasteiger partial charge in [0, 0.05) is 16.7 Å². The van der Waals surface area contributed by atoms with Gasteiger partial charge < -0.3 is 0 Å². The van der Waals surface area contributed by atoms with E-state index in [4.69, 9.17) is 11.6 Å². The molecule has 1 aliphatic carbocycles. The highest BCUT2D eigenvalue weighted by atomic mass is 35.5. The number of rotatable bonds is 2. The molecule has 0 saturated heterocycles. The quantitative estimate of drug-likeness (QED) is 0.840. The van der Waals surface area contributed by atoms with Gasteiger partial charge in [0.2, 0.25) is 0 Å². The molecule has 1 saturated carbocycles. The number of nitrogens with zero attached hydrogens (tertiary/aromatic N) is 2. The Morgan fingerprint density at radius 2 is 2.05 bits per heavy atom. The standard InChI is InChI=1S/C16H12ClFN2O/c17-10-3-4-13-14(5-10)15(9-1-2-9)20(16(13)21)12-6-11(18)7-19-8-12/h3-9,15H,1-2H2. The molecule has 1 aliphatic heterocycles. The van der Waals surface area contributed by atoms with Crippen molar-refractivity contribution in [3.63, 3.8) is 0 Å². The van der Waals surface area contributed by atoms with Crippen LogP contribution in [0.3, 0.4) is 0 Å². The zero-order valence-electron chi connectivity index (χ0n) is 11.1. The van der Waals surface area contributed by atoms with Gasteiger partial charge in [-0.15, -0.1) is 0 Å². The minimum Gasteiger partial charge on any atom is -0.299 e. The zero-order valence-corrected chi connectivity index (χ0v) is 11.8. The van der Waals surface area contributed by atoms with Crippen LogP contribution in [-0.4, -0.2) is 10.9 Å². The summed E-state index contributed by atoms with van der Waals surface area (Å²) in [4.78, 5) is 18.2. The third-order valence-corrected chi connectivity index (χ3v) is 4.33. The minimum absolute atomic E-state index is 0.0604. The van der Waals surface area contributed by atoms with Crippen LogP contribution in [0.25, 0.3) is 0 Å². The van der Waals surface area contributed by atoms with E-state index in [2.05, 4.69) is 4.98 Å². The summed E-state index contributed by atoms with van der Waals surface area (Å²) >= 11 is 6.08. The number of aromatic nitrogens is 1. The maximum absolute atomic E-state index is 13.5. The van der Waals surface area contributed by atoms with E-state index >= 15 is 0 Å². The maximum atomic E-state index is 13.5. The number of carbonyl (C=O) groups is 1. The second-order valence-corrected chi connectivity index (χ2v) is 5.99. The molecule has 1 fully saturated rings. The van der Waals surface area contributed by atoms with E-state index in [9.17, 15) is 9.18 Å². The first kappa shape index (κ1) is 12.8. The average Bonchev–Trinajstić information content (AvgIpc) is 3.24. The fourth-order valence-electron chi connectivity index (χ4n) is 3.06. The molecule has 2 heterocycles. The first-order chi connectivity index (χ1) is 10.1. The minimum atomic E-state index is -0.441. The molecule has 5 heteroatoms. The smallest absolute Gasteiger partial charge is 0.259 e. The summed E-state index contributed by atoms with van der Waals surface area (Å²) in [5, 5.41) is 0.617. The lowest BCUT2D eigenvalue weighted by Crippen LogP contribution is -2.29. The van der Waals surface area contributed by atoms with Crippen molar-refractivity contribution in [3.8, 4) is 0 Å². The SMILES string of the molecule is O=C1c2ccc(Cl)cc2C(C2CC2)N1c1cncc(F)c1. The predicted octanol–water partition coefficient (Wildman–Crippen LogP) is 3.99. The predicted molar refractivity (Wildman–Crippen MR) is 77.9 cm³/mol. The van der Waals surface area contributed by atoms with Crippen molar-refractivity contribution >= 4 is 23.2 Å². The number of benzene rings is 1. The molecule has 3 nitrogen and oxygen atoms in total. The highest BCUT2D eigenvalue weighted by molar-refractivity contribution is 6.31. The highest BCUT2D eigenvalue weighted by Crippen LogP contribution is 2.51. The largest absolute Gasteiger partial charge is 0.299 e. The lowest BCUT2D eigenvalue weighted by atomic mass is 10.0. The average molecular weight is 303 g/mol. The van der Waals surface area contributed by atoms with Gasteiger partial charge in [0.1, 0.15) is 5.82 Å². The number of anilines is 1. The Labute approximate surface area is 126 Å². The normalized spacial score (nSPS) is 20.8. The van der Waals surface area contributed by atoms with E-state index in [1.807, 2.05) is 6.07 Å². The van der Waals surface area contributed by atoms with Crippen LogP contribution >= 0.6 is 11.6 Å². The van der Waals surface area contributed by atoms with Crippen LogP contribution in [0, 0.1) is 11.7 Å². The third kappa shape index (κ3) is 2.02. The molecule has 4 rings (SSSR count). The molecule has 1 unspecified atom stereocenters. The van der Waals surface area contributed by atoms with Gasteiger partial charge in [-0.05, 0) is 42.5 Å². The van der Waals surface area contributed by atoms with Crippen molar-refractivity contribution in [1.29, 1.82) is 0 Å². The van der Waals surface area contributed by atoms with E-state index < -0.39 is 5.82 Å². The van der Waals surface area contributed by atoms with Crippen molar-refractivity contribution < 1.29 is 9.18 Å². The number of pyridine rings is 1. The van der Waals surface area contributed by atoms with Gasteiger partial charge in [0.25, 0.3) is 5.91 Å². The molecular formula is C16H12ClFN2O. The van der Waals surface area contributed by atoms with Crippen LogP contribution < -0.4 is 4.90 Å². The molecule has 1 aromatic carbocycles. The summed E-state index contributed by atoms with van der Waals surface area (Å²) < 4.78 is 13.5. The van der Waals surface area contributed by atoms with E-state index in [1.165, 1.54) is 12.3 Å². The number of hydrogen-bond donors (Lipinski definition) is 0. The molecule has 21 heavy (non-hydrogen) atoms. The molecule has 0 radical (unpaired) electrons. The molecule has 0 bridgehead atoms.